The molecule has 20 heavy (non-hydrogen) atoms. The third-order valence-corrected chi connectivity index (χ3v) is 2.96. The first kappa shape index (κ1) is 16.2. The van der Waals surface area contributed by atoms with Gasteiger partial charge in [0.05, 0.1) is 18.6 Å². The Balaban J connectivity index is 2.36. The lowest BCUT2D eigenvalue weighted by molar-refractivity contribution is -0.169. The van der Waals surface area contributed by atoms with Crippen LogP contribution in [0.25, 0.3) is 0 Å². The Morgan fingerprint density at radius 2 is 2.15 bits per heavy atom. The van der Waals surface area contributed by atoms with Gasteiger partial charge in [0, 0.05) is 20.0 Å². The highest BCUT2D eigenvalue weighted by Gasteiger charge is 2.19. The molecule has 0 saturated carbocycles. The fourth-order valence-electron chi connectivity index (χ4n) is 1.84. The van der Waals surface area contributed by atoms with E-state index in [4.69, 9.17) is 15.2 Å². The molecule has 1 N–H and O–H groups in total. The summed E-state index contributed by atoms with van der Waals surface area (Å²) in [7, 11) is 1.73. The van der Waals surface area contributed by atoms with Gasteiger partial charge in [-0.25, -0.2) is 0 Å². The second kappa shape index (κ2) is 9.08. The van der Waals surface area contributed by atoms with Crippen LogP contribution >= 0.6 is 0 Å². The predicted octanol–water partition coefficient (Wildman–Crippen LogP) is 2.44. The summed E-state index contributed by atoms with van der Waals surface area (Å²) in [6.07, 6.45) is 1.47. The monoisotopic (exact) mass is 276 g/mol. The van der Waals surface area contributed by atoms with E-state index in [1.165, 1.54) is 0 Å². The molecule has 0 fully saturated rings. The zero-order valence-corrected chi connectivity index (χ0v) is 11.7. The molecule has 5 heteroatoms. The Labute approximate surface area is 119 Å². The number of hydrogen-bond acceptors (Lipinski definition) is 4. The molecular formula is C15H20N2O3. The summed E-state index contributed by atoms with van der Waals surface area (Å²) in [4.78, 5) is 16.7. The quantitative estimate of drug-likeness (QED) is 0.554. The standard InChI is InChI=1S/C15H20N2O3/c1-17(20-12-13-7-3-2-4-8-13)11-14(15(18)19)9-5-6-10-16/h2-4,7-8,14H,5-6,9,11-12H2,1H3,(H,18,19)/t14-/m1/s1. The maximum absolute atomic E-state index is 11.1. The smallest absolute Gasteiger partial charge is 0.307 e. The van der Waals surface area contributed by atoms with Crippen LogP contribution in [0.2, 0.25) is 0 Å². The van der Waals surface area contributed by atoms with Crippen LogP contribution < -0.4 is 0 Å². The second-order valence-corrected chi connectivity index (χ2v) is 4.66. The van der Waals surface area contributed by atoms with Crippen molar-refractivity contribution in [2.24, 2.45) is 5.92 Å². The molecule has 0 amide bonds. The Bertz CT molecular complexity index is 442. The number of carboxylic acids is 1. The first-order chi connectivity index (χ1) is 9.63. The van der Waals surface area contributed by atoms with Gasteiger partial charge in [-0.2, -0.15) is 10.3 Å². The molecule has 1 atom stereocenters. The lowest BCUT2D eigenvalue weighted by Gasteiger charge is -2.20. The highest BCUT2D eigenvalue weighted by molar-refractivity contribution is 5.70. The minimum Gasteiger partial charge on any atom is -0.481 e. The molecule has 1 aromatic rings. The summed E-state index contributed by atoms with van der Waals surface area (Å²) >= 11 is 0. The van der Waals surface area contributed by atoms with Crippen LogP contribution in [0, 0.1) is 17.2 Å². The van der Waals surface area contributed by atoms with Crippen molar-refractivity contribution >= 4 is 5.97 Å². The van der Waals surface area contributed by atoms with E-state index in [-0.39, 0.29) is 0 Å². The van der Waals surface area contributed by atoms with Crippen LogP contribution in [0.1, 0.15) is 24.8 Å². The lowest BCUT2D eigenvalue weighted by Crippen LogP contribution is -2.30. The van der Waals surface area contributed by atoms with E-state index in [0.29, 0.717) is 32.4 Å². The van der Waals surface area contributed by atoms with Crippen LogP contribution in [0.4, 0.5) is 0 Å². The van der Waals surface area contributed by atoms with Crippen LogP contribution in [0.15, 0.2) is 30.3 Å². The number of carbonyl (C=O) groups is 1. The van der Waals surface area contributed by atoms with E-state index in [9.17, 15) is 4.79 Å². The predicted molar refractivity (Wildman–Crippen MR) is 74.5 cm³/mol. The van der Waals surface area contributed by atoms with E-state index < -0.39 is 11.9 Å². The number of hydroxylamine groups is 2. The molecule has 5 nitrogen and oxygen atoms in total. The Morgan fingerprint density at radius 3 is 2.75 bits per heavy atom. The first-order valence-electron chi connectivity index (χ1n) is 6.61. The molecule has 0 radical (unpaired) electrons. The van der Waals surface area contributed by atoms with Gasteiger partial charge in [-0.1, -0.05) is 30.3 Å². The third-order valence-electron chi connectivity index (χ3n) is 2.96. The van der Waals surface area contributed by atoms with E-state index in [0.717, 1.165) is 5.56 Å². The van der Waals surface area contributed by atoms with E-state index in [1.54, 1.807) is 12.1 Å². The highest BCUT2D eigenvalue weighted by atomic mass is 16.7. The molecular weight excluding hydrogens is 256 g/mol. The number of hydrogen-bond donors (Lipinski definition) is 1. The maximum atomic E-state index is 11.1. The van der Waals surface area contributed by atoms with Gasteiger partial charge in [-0.3, -0.25) is 9.63 Å². The number of carboxylic acid groups (broad SMARTS) is 1. The van der Waals surface area contributed by atoms with E-state index in [1.807, 2.05) is 36.4 Å². The van der Waals surface area contributed by atoms with Crippen LogP contribution in [-0.4, -0.2) is 29.7 Å². The zero-order chi connectivity index (χ0) is 14.8. The van der Waals surface area contributed by atoms with E-state index >= 15 is 0 Å². The molecule has 0 heterocycles. The normalized spacial score (nSPS) is 12.1. The van der Waals surface area contributed by atoms with Gasteiger partial charge < -0.3 is 5.11 Å². The Kier molecular flexibility index (Phi) is 7.33. The lowest BCUT2D eigenvalue weighted by atomic mass is 10.0. The largest absolute Gasteiger partial charge is 0.481 e. The first-order valence-corrected chi connectivity index (χ1v) is 6.61. The molecule has 0 aliphatic rings. The van der Waals surface area contributed by atoms with Gasteiger partial charge in [0.2, 0.25) is 0 Å². The summed E-state index contributed by atoms with van der Waals surface area (Å²) in [6.45, 7) is 0.732. The molecule has 0 bridgehead atoms. The maximum Gasteiger partial charge on any atom is 0.307 e. The molecule has 1 rings (SSSR count). The van der Waals surface area contributed by atoms with Crippen LogP contribution in [-0.2, 0) is 16.2 Å². The number of benzene rings is 1. The van der Waals surface area contributed by atoms with Crippen molar-refractivity contribution in [2.75, 3.05) is 13.6 Å². The molecule has 0 aromatic heterocycles. The summed E-state index contributed by atoms with van der Waals surface area (Å²) < 4.78 is 0. The number of nitrogens with zero attached hydrogens (tertiary/aromatic N) is 2. The van der Waals surface area contributed by atoms with Gasteiger partial charge in [-0.15, -0.1) is 0 Å². The zero-order valence-electron chi connectivity index (χ0n) is 11.7. The van der Waals surface area contributed by atoms with Crippen LogP contribution in [0.5, 0.6) is 0 Å². The van der Waals surface area contributed by atoms with Crippen molar-refractivity contribution in [3.8, 4) is 6.07 Å². The summed E-state index contributed by atoms with van der Waals surface area (Å²) in [5, 5.41) is 19.2. The minimum absolute atomic E-state index is 0.313. The van der Waals surface area contributed by atoms with Crippen LogP contribution in [0.3, 0.4) is 0 Å². The summed E-state index contributed by atoms with van der Waals surface area (Å²) in [5.74, 6) is -1.36. The Morgan fingerprint density at radius 1 is 1.45 bits per heavy atom. The van der Waals surface area contributed by atoms with Crippen molar-refractivity contribution in [2.45, 2.75) is 25.9 Å². The van der Waals surface area contributed by atoms with Crippen molar-refractivity contribution in [1.29, 1.82) is 5.26 Å². The van der Waals surface area contributed by atoms with Crippen molar-refractivity contribution in [3.63, 3.8) is 0 Å². The summed E-state index contributed by atoms with van der Waals surface area (Å²) in [6, 6.07) is 11.7. The number of aliphatic carboxylic acids is 1. The van der Waals surface area contributed by atoms with Crippen molar-refractivity contribution < 1.29 is 14.7 Å². The average Bonchev–Trinajstić information content (AvgIpc) is 2.45. The van der Waals surface area contributed by atoms with Gasteiger partial charge in [0.1, 0.15) is 0 Å². The summed E-state index contributed by atoms with van der Waals surface area (Å²) in [5.41, 5.74) is 1.04. The minimum atomic E-state index is -0.849. The molecule has 0 aliphatic carbocycles. The second-order valence-electron chi connectivity index (χ2n) is 4.66. The van der Waals surface area contributed by atoms with Gasteiger partial charge in [-0.05, 0) is 18.4 Å². The molecule has 108 valence electrons. The fourth-order valence-corrected chi connectivity index (χ4v) is 1.84. The van der Waals surface area contributed by atoms with E-state index in [2.05, 4.69) is 0 Å². The molecule has 1 aromatic carbocycles. The highest BCUT2D eigenvalue weighted by Crippen LogP contribution is 2.11. The fraction of sp³-hybridized carbons (Fsp3) is 0.467. The molecule has 0 unspecified atom stereocenters. The van der Waals surface area contributed by atoms with Gasteiger partial charge in [0.15, 0.2) is 0 Å². The van der Waals surface area contributed by atoms with Crippen molar-refractivity contribution in [1.82, 2.24) is 5.06 Å². The van der Waals surface area contributed by atoms with Crippen molar-refractivity contribution in [3.05, 3.63) is 35.9 Å². The number of rotatable bonds is 9. The van der Waals surface area contributed by atoms with Gasteiger partial charge >= 0.3 is 5.97 Å². The molecule has 0 aliphatic heterocycles. The average molecular weight is 276 g/mol. The Hall–Kier alpha value is -1.90. The molecule has 0 spiro atoms. The third kappa shape index (κ3) is 6.32. The topological polar surface area (TPSA) is 73.6 Å². The SMILES string of the molecule is CN(C[C@@H](CCCC#N)C(=O)O)OCc1ccccc1. The number of nitriles is 1. The molecule has 0 saturated heterocycles. The number of unbranched alkanes of at least 4 members (excludes halogenated alkanes) is 1. The van der Waals surface area contributed by atoms with Gasteiger partial charge in [0.25, 0.3) is 0 Å².